The van der Waals surface area contributed by atoms with Crippen LogP contribution < -0.4 is 20.1 Å². The Hall–Kier alpha value is -4.11. The molecule has 9 nitrogen and oxygen atoms in total. The molecule has 1 aliphatic heterocycles. The number of nitrogens with one attached hydrogen (secondary N) is 3. The van der Waals surface area contributed by atoms with E-state index in [0.717, 1.165) is 60.0 Å². The summed E-state index contributed by atoms with van der Waals surface area (Å²) < 4.78 is 10.8. The molecule has 1 amide bonds. The van der Waals surface area contributed by atoms with Crippen LogP contribution in [0, 0.1) is 6.92 Å². The highest BCUT2D eigenvalue weighted by molar-refractivity contribution is 5.89. The van der Waals surface area contributed by atoms with E-state index in [9.17, 15) is 4.79 Å². The van der Waals surface area contributed by atoms with Crippen molar-refractivity contribution in [3.8, 4) is 22.9 Å². The Labute approximate surface area is 216 Å². The van der Waals surface area contributed by atoms with E-state index in [1.807, 2.05) is 42.6 Å². The quantitative estimate of drug-likeness (QED) is 0.322. The number of rotatable bonds is 9. The minimum Gasteiger partial charge on any atom is -0.497 e. The number of hydrogen-bond donors (Lipinski definition) is 3. The number of pyridine rings is 1. The fraction of sp³-hybridized carbons (Fsp3) is 0.321. The SMILES string of the molecule is CNC(=O)COc1ccc(-c2nc3ncc(C)c(N[C@H]4CCN(Cc5ccc(OC)cc5)C4)c3[nH]2)cc1. The summed E-state index contributed by atoms with van der Waals surface area (Å²) in [5.41, 5.74) is 5.91. The number of aromatic nitrogens is 3. The van der Waals surface area contributed by atoms with Crippen LogP contribution in [0.2, 0.25) is 0 Å². The van der Waals surface area contributed by atoms with Gasteiger partial charge < -0.3 is 25.1 Å². The number of likely N-dealkylation sites (N-methyl/N-ethyl adjacent to an activating group) is 1. The Kier molecular flexibility index (Phi) is 7.23. The molecule has 0 radical (unpaired) electrons. The number of carbonyl (C=O) groups is 1. The highest BCUT2D eigenvalue weighted by Crippen LogP contribution is 2.30. The Bertz CT molecular complexity index is 1370. The monoisotopic (exact) mass is 500 g/mol. The van der Waals surface area contributed by atoms with Crippen molar-refractivity contribution in [2.75, 3.05) is 39.2 Å². The molecule has 4 aromatic rings. The van der Waals surface area contributed by atoms with Crippen molar-refractivity contribution in [2.45, 2.75) is 25.9 Å². The van der Waals surface area contributed by atoms with Gasteiger partial charge in [-0.05, 0) is 60.9 Å². The Balaban J connectivity index is 1.27. The van der Waals surface area contributed by atoms with Crippen LogP contribution in [0.15, 0.2) is 54.7 Å². The van der Waals surface area contributed by atoms with E-state index in [0.29, 0.717) is 17.4 Å². The van der Waals surface area contributed by atoms with E-state index in [1.165, 1.54) is 5.56 Å². The van der Waals surface area contributed by atoms with Crippen LogP contribution in [0.3, 0.4) is 0 Å². The van der Waals surface area contributed by atoms with Gasteiger partial charge in [-0.3, -0.25) is 9.69 Å². The smallest absolute Gasteiger partial charge is 0.257 e. The molecule has 37 heavy (non-hydrogen) atoms. The largest absolute Gasteiger partial charge is 0.497 e. The van der Waals surface area contributed by atoms with E-state index < -0.39 is 0 Å². The van der Waals surface area contributed by atoms with E-state index in [1.54, 1.807) is 14.2 Å². The van der Waals surface area contributed by atoms with Gasteiger partial charge in [-0.2, -0.15) is 0 Å². The average Bonchev–Trinajstić information content (AvgIpc) is 3.56. The van der Waals surface area contributed by atoms with E-state index >= 15 is 0 Å². The molecule has 0 aliphatic carbocycles. The van der Waals surface area contributed by atoms with Crippen LogP contribution >= 0.6 is 0 Å². The van der Waals surface area contributed by atoms with Gasteiger partial charge in [0.15, 0.2) is 12.3 Å². The Morgan fingerprint density at radius 3 is 2.62 bits per heavy atom. The summed E-state index contributed by atoms with van der Waals surface area (Å²) in [7, 11) is 3.27. The van der Waals surface area contributed by atoms with Gasteiger partial charge in [0.05, 0.1) is 12.8 Å². The van der Waals surface area contributed by atoms with E-state index in [-0.39, 0.29) is 12.5 Å². The Morgan fingerprint density at radius 1 is 1.14 bits per heavy atom. The van der Waals surface area contributed by atoms with Gasteiger partial charge in [-0.1, -0.05) is 12.1 Å². The third kappa shape index (κ3) is 5.67. The lowest BCUT2D eigenvalue weighted by Gasteiger charge is -2.19. The summed E-state index contributed by atoms with van der Waals surface area (Å²) >= 11 is 0. The van der Waals surface area contributed by atoms with Gasteiger partial charge in [0, 0.05) is 44.5 Å². The van der Waals surface area contributed by atoms with Gasteiger partial charge in [0.1, 0.15) is 22.8 Å². The van der Waals surface area contributed by atoms with Crippen LogP contribution in [0.5, 0.6) is 11.5 Å². The van der Waals surface area contributed by atoms with Gasteiger partial charge in [-0.25, -0.2) is 9.97 Å². The first-order valence-electron chi connectivity index (χ1n) is 12.4. The topological polar surface area (TPSA) is 104 Å². The molecular formula is C28H32N6O3. The standard InChI is InChI=1S/C28H32N6O3/c1-18-14-30-28-26(32-27(33-28)20-6-10-23(11-7-20)37-17-24(35)29-2)25(18)31-21-12-13-34(16-21)15-19-4-8-22(36-3)9-5-19/h4-11,14,21H,12-13,15-17H2,1-3H3,(H,29,35)(H2,30,31,32,33)/t21-/m0/s1. The van der Waals surface area contributed by atoms with Gasteiger partial charge in [0.2, 0.25) is 0 Å². The molecule has 0 bridgehead atoms. The number of H-pyrrole nitrogens is 1. The Morgan fingerprint density at radius 2 is 1.89 bits per heavy atom. The predicted octanol–water partition coefficient (Wildman–Crippen LogP) is 3.75. The molecule has 0 spiro atoms. The molecule has 9 heteroatoms. The van der Waals surface area contributed by atoms with Crippen molar-refractivity contribution in [1.82, 2.24) is 25.2 Å². The molecule has 3 heterocycles. The lowest BCUT2D eigenvalue weighted by Crippen LogP contribution is -2.26. The lowest BCUT2D eigenvalue weighted by molar-refractivity contribution is -0.122. The molecule has 1 saturated heterocycles. The minimum absolute atomic E-state index is 0.0165. The molecule has 192 valence electrons. The fourth-order valence-electron chi connectivity index (χ4n) is 4.59. The van der Waals surface area contributed by atoms with Crippen molar-refractivity contribution in [3.05, 3.63) is 65.9 Å². The van der Waals surface area contributed by atoms with Crippen LogP contribution in [-0.4, -0.2) is 65.7 Å². The highest BCUT2D eigenvalue weighted by atomic mass is 16.5. The number of anilines is 1. The second-order valence-corrected chi connectivity index (χ2v) is 9.30. The number of benzene rings is 2. The number of likely N-dealkylation sites (tertiary alicyclic amines) is 1. The third-order valence-corrected chi connectivity index (χ3v) is 6.67. The summed E-state index contributed by atoms with van der Waals surface area (Å²) in [5.74, 6) is 2.07. The van der Waals surface area contributed by atoms with Gasteiger partial charge >= 0.3 is 0 Å². The van der Waals surface area contributed by atoms with E-state index in [4.69, 9.17) is 14.5 Å². The molecule has 1 aliphatic rings. The number of ether oxygens (including phenoxy) is 2. The van der Waals surface area contributed by atoms with Crippen molar-refractivity contribution >= 4 is 22.8 Å². The number of amides is 1. The van der Waals surface area contributed by atoms with Crippen LogP contribution in [0.4, 0.5) is 5.69 Å². The number of imidazole rings is 1. The van der Waals surface area contributed by atoms with Crippen LogP contribution in [0.1, 0.15) is 17.5 Å². The van der Waals surface area contributed by atoms with Crippen LogP contribution in [0.25, 0.3) is 22.6 Å². The second kappa shape index (κ2) is 10.9. The molecule has 2 aromatic carbocycles. The fourth-order valence-corrected chi connectivity index (χ4v) is 4.59. The van der Waals surface area contributed by atoms with E-state index in [2.05, 4.69) is 44.6 Å². The van der Waals surface area contributed by atoms with Crippen molar-refractivity contribution in [2.24, 2.45) is 0 Å². The molecule has 0 saturated carbocycles. The molecule has 3 N–H and O–H groups in total. The number of nitrogens with zero attached hydrogens (tertiary/aromatic N) is 3. The van der Waals surface area contributed by atoms with Crippen molar-refractivity contribution in [3.63, 3.8) is 0 Å². The lowest BCUT2D eigenvalue weighted by atomic mass is 10.2. The maximum Gasteiger partial charge on any atom is 0.257 e. The molecule has 0 unspecified atom stereocenters. The van der Waals surface area contributed by atoms with Crippen molar-refractivity contribution in [1.29, 1.82) is 0 Å². The number of fused-ring (bicyclic) bond motifs is 1. The first kappa shape index (κ1) is 24.6. The minimum atomic E-state index is -0.172. The van der Waals surface area contributed by atoms with Gasteiger partial charge in [0.25, 0.3) is 5.91 Å². The average molecular weight is 501 g/mol. The third-order valence-electron chi connectivity index (χ3n) is 6.67. The number of hydrogen-bond acceptors (Lipinski definition) is 7. The summed E-state index contributed by atoms with van der Waals surface area (Å²) in [6.45, 7) is 4.98. The first-order chi connectivity index (χ1) is 18.0. The molecule has 5 rings (SSSR count). The van der Waals surface area contributed by atoms with Crippen LogP contribution in [-0.2, 0) is 11.3 Å². The molecule has 1 atom stereocenters. The summed E-state index contributed by atoms with van der Waals surface area (Å²) in [6.07, 6.45) is 2.94. The number of aromatic amines is 1. The summed E-state index contributed by atoms with van der Waals surface area (Å²) in [4.78, 5) is 26.6. The first-order valence-corrected chi connectivity index (χ1v) is 12.4. The molecule has 2 aromatic heterocycles. The van der Waals surface area contributed by atoms with Gasteiger partial charge in [-0.15, -0.1) is 0 Å². The zero-order valence-electron chi connectivity index (χ0n) is 21.4. The highest BCUT2D eigenvalue weighted by Gasteiger charge is 2.24. The maximum absolute atomic E-state index is 11.4. The summed E-state index contributed by atoms with van der Waals surface area (Å²) in [6, 6.07) is 16.1. The predicted molar refractivity (Wildman–Crippen MR) is 144 cm³/mol. The normalized spacial score (nSPS) is 15.6. The maximum atomic E-state index is 11.4. The molecular weight excluding hydrogens is 468 g/mol. The summed E-state index contributed by atoms with van der Waals surface area (Å²) in [5, 5.41) is 6.30. The zero-order chi connectivity index (χ0) is 25.8. The second-order valence-electron chi connectivity index (χ2n) is 9.30. The zero-order valence-corrected chi connectivity index (χ0v) is 21.4. The van der Waals surface area contributed by atoms with Crippen molar-refractivity contribution < 1.29 is 14.3 Å². The number of carbonyl (C=O) groups excluding carboxylic acids is 1. The number of methoxy groups -OCH3 is 1. The molecule has 1 fully saturated rings. The number of aryl methyl sites for hydroxylation is 1.